The maximum Gasteiger partial charge on any atom is 0.122 e. The Bertz CT molecular complexity index is 408. The van der Waals surface area contributed by atoms with Crippen molar-refractivity contribution in [3.8, 4) is 18.1 Å². The van der Waals surface area contributed by atoms with Crippen LogP contribution >= 0.6 is 0 Å². The van der Waals surface area contributed by atoms with Crippen molar-refractivity contribution < 1.29 is 4.74 Å². The second kappa shape index (κ2) is 5.75. The molecule has 2 heteroatoms. The fourth-order valence-corrected chi connectivity index (χ4v) is 2.23. The van der Waals surface area contributed by atoms with Gasteiger partial charge in [-0.25, -0.2) is 0 Å². The summed E-state index contributed by atoms with van der Waals surface area (Å²) in [5.41, 5.74) is 1.30. The first-order valence-electron chi connectivity index (χ1n) is 6.26. The first-order chi connectivity index (χ1) is 8.35. The number of rotatable bonds is 4. The van der Waals surface area contributed by atoms with E-state index in [2.05, 4.69) is 30.3 Å². The lowest BCUT2D eigenvalue weighted by atomic mass is 9.93. The smallest absolute Gasteiger partial charge is 0.122 e. The lowest BCUT2D eigenvalue weighted by molar-refractivity contribution is 0.263. The van der Waals surface area contributed by atoms with Gasteiger partial charge in [0, 0.05) is 12.5 Å². The third-order valence-corrected chi connectivity index (χ3v) is 3.30. The summed E-state index contributed by atoms with van der Waals surface area (Å²) in [5.74, 6) is 4.32. The number of benzene rings is 1. The van der Waals surface area contributed by atoms with E-state index < -0.39 is 0 Å². The number of hydrogen-bond donors (Lipinski definition) is 1. The summed E-state index contributed by atoms with van der Waals surface area (Å²) < 4.78 is 5.65. The largest absolute Gasteiger partial charge is 0.493 e. The molecule has 0 bridgehead atoms. The molecule has 0 saturated heterocycles. The highest BCUT2D eigenvalue weighted by Crippen LogP contribution is 2.32. The topological polar surface area (TPSA) is 21.3 Å². The molecule has 1 aliphatic rings. The van der Waals surface area contributed by atoms with Gasteiger partial charge in [-0.3, -0.25) is 0 Å². The molecule has 2 unspecified atom stereocenters. The fourth-order valence-electron chi connectivity index (χ4n) is 2.23. The van der Waals surface area contributed by atoms with Gasteiger partial charge in [-0.2, -0.15) is 0 Å². The number of fused-ring (bicyclic) bond motifs is 1. The quantitative estimate of drug-likeness (QED) is 0.801. The highest BCUT2D eigenvalue weighted by Gasteiger charge is 2.21. The maximum atomic E-state index is 5.65. The maximum absolute atomic E-state index is 5.65. The summed E-state index contributed by atoms with van der Waals surface area (Å²) >= 11 is 0. The van der Waals surface area contributed by atoms with Crippen molar-refractivity contribution in [2.75, 3.05) is 13.2 Å². The van der Waals surface area contributed by atoms with E-state index >= 15 is 0 Å². The minimum absolute atomic E-state index is 0.185. The molecule has 17 heavy (non-hydrogen) atoms. The minimum Gasteiger partial charge on any atom is -0.493 e. The van der Waals surface area contributed by atoms with Crippen molar-refractivity contribution in [3.05, 3.63) is 29.8 Å². The summed E-state index contributed by atoms with van der Waals surface area (Å²) in [7, 11) is 0. The van der Waals surface area contributed by atoms with Crippen LogP contribution in [-0.4, -0.2) is 19.2 Å². The number of ether oxygens (including phenoxy) is 1. The van der Waals surface area contributed by atoms with Crippen molar-refractivity contribution in [1.29, 1.82) is 0 Å². The summed E-state index contributed by atoms with van der Waals surface area (Å²) in [4.78, 5) is 0. The molecule has 0 aromatic heterocycles. The summed E-state index contributed by atoms with van der Waals surface area (Å²) in [6.45, 7) is 3.84. The van der Waals surface area contributed by atoms with Crippen LogP contribution in [0.5, 0.6) is 5.75 Å². The van der Waals surface area contributed by atoms with Gasteiger partial charge in [0.05, 0.1) is 12.6 Å². The average Bonchev–Trinajstić information content (AvgIpc) is 2.40. The number of terminal acetylenes is 1. The van der Waals surface area contributed by atoms with E-state index in [1.807, 2.05) is 12.1 Å². The van der Waals surface area contributed by atoms with E-state index in [9.17, 15) is 0 Å². The van der Waals surface area contributed by atoms with Gasteiger partial charge in [0.25, 0.3) is 0 Å². The van der Waals surface area contributed by atoms with Crippen molar-refractivity contribution in [2.24, 2.45) is 0 Å². The zero-order chi connectivity index (χ0) is 12.1. The monoisotopic (exact) mass is 229 g/mol. The predicted molar refractivity (Wildman–Crippen MR) is 70.2 cm³/mol. The van der Waals surface area contributed by atoms with Crippen molar-refractivity contribution in [3.63, 3.8) is 0 Å². The molecule has 2 rings (SSSR count). The van der Waals surface area contributed by atoms with E-state index in [1.54, 1.807) is 0 Å². The molecular formula is C15H19NO. The first-order valence-corrected chi connectivity index (χ1v) is 6.26. The number of para-hydroxylation sites is 1. The fraction of sp³-hybridized carbons (Fsp3) is 0.467. The highest BCUT2D eigenvalue weighted by molar-refractivity contribution is 5.37. The molecule has 1 heterocycles. The van der Waals surface area contributed by atoms with Gasteiger partial charge < -0.3 is 10.1 Å². The van der Waals surface area contributed by atoms with Crippen LogP contribution < -0.4 is 10.1 Å². The van der Waals surface area contributed by atoms with E-state index in [4.69, 9.17) is 11.2 Å². The molecule has 2 atom stereocenters. The van der Waals surface area contributed by atoms with Crippen LogP contribution in [0.1, 0.15) is 31.2 Å². The Morgan fingerprint density at radius 3 is 3.12 bits per heavy atom. The van der Waals surface area contributed by atoms with Gasteiger partial charge in [0.2, 0.25) is 0 Å². The van der Waals surface area contributed by atoms with Crippen molar-refractivity contribution in [1.82, 2.24) is 5.32 Å². The molecule has 1 N–H and O–H groups in total. The number of nitrogens with one attached hydrogen (secondary N) is 1. The number of hydrogen-bond acceptors (Lipinski definition) is 2. The Morgan fingerprint density at radius 2 is 2.35 bits per heavy atom. The summed E-state index contributed by atoms with van der Waals surface area (Å²) in [6.07, 6.45) is 7.49. The van der Waals surface area contributed by atoms with Crippen LogP contribution in [0.3, 0.4) is 0 Å². The zero-order valence-corrected chi connectivity index (χ0v) is 10.3. The zero-order valence-electron chi connectivity index (χ0n) is 10.3. The van der Waals surface area contributed by atoms with Gasteiger partial charge in [-0.1, -0.05) is 31.0 Å². The second-order valence-electron chi connectivity index (χ2n) is 4.41. The third kappa shape index (κ3) is 2.81. The van der Waals surface area contributed by atoms with Gasteiger partial charge in [0.15, 0.2) is 0 Å². The van der Waals surface area contributed by atoms with Crippen molar-refractivity contribution in [2.45, 2.75) is 31.7 Å². The van der Waals surface area contributed by atoms with Crippen LogP contribution in [0.15, 0.2) is 24.3 Å². The Balaban J connectivity index is 2.02. The highest BCUT2D eigenvalue weighted by atomic mass is 16.5. The van der Waals surface area contributed by atoms with Crippen LogP contribution in [0.25, 0.3) is 0 Å². The van der Waals surface area contributed by atoms with Gasteiger partial charge in [-0.05, 0) is 24.5 Å². The van der Waals surface area contributed by atoms with Crippen LogP contribution in [-0.2, 0) is 0 Å². The molecule has 0 amide bonds. The molecule has 0 saturated carbocycles. The van der Waals surface area contributed by atoms with E-state index in [-0.39, 0.29) is 6.04 Å². The SMILES string of the molecule is C#CC(CC)NCC1CCOc2ccccc21. The second-order valence-corrected chi connectivity index (χ2v) is 4.41. The van der Waals surface area contributed by atoms with E-state index in [0.29, 0.717) is 5.92 Å². The Labute approximate surface area is 103 Å². The molecule has 1 aromatic carbocycles. The Morgan fingerprint density at radius 1 is 1.53 bits per heavy atom. The molecule has 0 radical (unpaired) electrons. The Kier molecular flexibility index (Phi) is 4.06. The van der Waals surface area contributed by atoms with Crippen LogP contribution in [0, 0.1) is 12.3 Å². The molecular weight excluding hydrogens is 210 g/mol. The molecule has 1 aliphatic heterocycles. The summed E-state index contributed by atoms with van der Waals surface area (Å²) in [6, 6.07) is 8.46. The normalized spacial score (nSPS) is 19.9. The van der Waals surface area contributed by atoms with E-state index in [0.717, 1.165) is 31.7 Å². The molecule has 1 aromatic rings. The minimum atomic E-state index is 0.185. The predicted octanol–water partition coefficient (Wildman–Crippen LogP) is 2.55. The third-order valence-electron chi connectivity index (χ3n) is 3.30. The molecule has 0 spiro atoms. The van der Waals surface area contributed by atoms with Gasteiger partial charge in [-0.15, -0.1) is 6.42 Å². The molecule has 2 nitrogen and oxygen atoms in total. The lowest BCUT2D eigenvalue weighted by Crippen LogP contribution is -2.32. The van der Waals surface area contributed by atoms with Crippen LogP contribution in [0.2, 0.25) is 0 Å². The summed E-state index contributed by atoms with van der Waals surface area (Å²) in [5, 5.41) is 3.44. The standard InChI is InChI=1S/C15H19NO/c1-3-13(4-2)16-11-12-9-10-17-15-8-6-5-7-14(12)15/h1,5-8,12-13,16H,4,9-11H2,2H3. The van der Waals surface area contributed by atoms with Crippen molar-refractivity contribution >= 4 is 0 Å². The Hall–Kier alpha value is -1.46. The molecule has 0 fully saturated rings. The van der Waals surface area contributed by atoms with Gasteiger partial charge >= 0.3 is 0 Å². The molecule has 0 aliphatic carbocycles. The average molecular weight is 229 g/mol. The first kappa shape index (κ1) is 12.0. The van der Waals surface area contributed by atoms with Gasteiger partial charge in [0.1, 0.15) is 5.75 Å². The lowest BCUT2D eigenvalue weighted by Gasteiger charge is -2.27. The van der Waals surface area contributed by atoms with Crippen LogP contribution in [0.4, 0.5) is 0 Å². The van der Waals surface area contributed by atoms with E-state index in [1.165, 1.54) is 5.56 Å². The molecule has 90 valence electrons.